The lowest BCUT2D eigenvalue weighted by Gasteiger charge is -2.34. The molecule has 1 fully saturated rings. The van der Waals surface area contributed by atoms with Crippen LogP contribution in [0.3, 0.4) is 0 Å². The molecule has 1 saturated heterocycles. The van der Waals surface area contributed by atoms with Gasteiger partial charge in [-0.1, -0.05) is 23.7 Å². The summed E-state index contributed by atoms with van der Waals surface area (Å²) in [6, 6.07) is 11.1. The van der Waals surface area contributed by atoms with Crippen LogP contribution in [-0.4, -0.2) is 58.4 Å². The summed E-state index contributed by atoms with van der Waals surface area (Å²) in [6.45, 7) is 0.843. The van der Waals surface area contributed by atoms with E-state index in [0.29, 0.717) is 23.9 Å². The van der Waals surface area contributed by atoms with Crippen LogP contribution in [0.25, 0.3) is 0 Å². The fraction of sp³-hybridized carbons (Fsp3) is 0.364. The van der Waals surface area contributed by atoms with E-state index in [-0.39, 0.29) is 35.6 Å². The Labute approximate surface area is 197 Å². The molecule has 4 rings (SSSR count). The Morgan fingerprint density at radius 3 is 2.73 bits per heavy atom. The van der Waals surface area contributed by atoms with Crippen molar-refractivity contribution in [1.29, 1.82) is 0 Å². The van der Waals surface area contributed by atoms with Crippen molar-refractivity contribution in [3.63, 3.8) is 0 Å². The number of halogens is 1. The molecule has 0 aromatic heterocycles. The van der Waals surface area contributed by atoms with Gasteiger partial charge in [-0.25, -0.2) is 8.42 Å². The molecular formula is C22H24ClN3O6S. The maximum Gasteiger partial charge on any atom is 0.267 e. The summed E-state index contributed by atoms with van der Waals surface area (Å²) in [7, 11) is -3.69. The smallest absolute Gasteiger partial charge is 0.267 e. The lowest BCUT2D eigenvalue weighted by atomic mass is 10.1. The molecule has 2 aromatic carbocycles. The predicted molar refractivity (Wildman–Crippen MR) is 124 cm³/mol. The topological polar surface area (TPSA) is 114 Å². The van der Waals surface area contributed by atoms with E-state index in [4.69, 9.17) is 21.1 Å². The largest absolute Gasteiger partial charge is 0.476 e. The average molecular weight is 494 g/mol. The van der Waals surface area contributed by atoms with E-state index < -0.39 is 22.0 Å². The monoisotopic (exact) mass is 493 g/mol. The highest BCUT2D eigenvalue weighted by atomic mass is 35.5. The van der Waals surface area contributed by atoms with Gasteiger partial charge in [0.15, 0.2) is 6.10 Å². The van der Waals surface area contributed by atoms with E-state index in [9.17, 15) is 18.0 Å². The zero-order chi connectivity index (χ0) is 23.6. The van der Waals surface area contributed by atoms with Crippen molar-refractivity contribution in [2.45, 2.75) is 25.0 Å². The van der Waals surface area contributed by atoms with Crippen LogP contribution in [-0.2, 0) is 19.6 Å². The van der Waals surface area contributed by atoms with Gasteiger partial charge in [0, 0.05) is 18.2 Å². The summed E-state index contributed by atoms with van der Waals surface area (Å²) < 4.78 is 37.1. The fourth-order valence-electron chi connectivity index (χ4n) is 3.79. The number of rotatable bonds is 6. The number of hydrogen-bond donors (Lipinski definition) is 2. The Balaban J connectivity index is 1.50. The van der Waals surface area contributed by atoms with Crippen molar-refractivity contribution in [3.8, 4) is 5.75 Å². The second-order valence-electron chi connectivity index (χ2n) is 7.89. The van der Waals surface area contributed by atoms with E-state index in [1.165, 1.54) is 12.1 Å². The van der Waals surface area contributed by atoms with Gasteiger partial charge in [-0.05, 0) is 43.2 Å². The number of amides is 2. The minimum absolute atomic E-state index is 0.0121. The van der Waals surface area contributed by atoms with E-state index in [0.717, 1.165) is 23.4 Å². The molecule has 2 N–H and O–H groups in total. The molecule has 2 aliphatic heterocycles. The Kier molecular flexibility index (Phi) is 6.78. The summed E-state index contributed by atoms with van der Waals surface area (Å²) in [5.74, 6) is -0.703. The Morgan fingerprint density at radius 2 is 2.00 bits per heavy atom. The number of benzene rings is 2. The summed E-state index contributed by atoms with van der Waals surface area (Å²) in [5, 5.41) is 5.88. The van der Waals surface area contributed by atoms with E-state index in [1.807, 2.05) is 0 Å². The number of hydrogen-bond acceptors (Lipinski definition) is 6. The minimum Gasteiger partial charge on any atom is -0.476 e. The van der Waals surface area contributed by atoms with Crippen molar-refractivity contribution in [2.24, 2.45) is 0 Å². The number of carbonyl (C=O) groups excluding carboxylic acids is 2. The van der Waals surface area contributed by atoms with E-state index >= 15 is 0 Å². The molecule has 0 saturated carbocycles. The molecule has 2 heterocycles. The van der Waals surface area contributed by atoms with Gasteiger partial charge in [-0.15, -0.1) is 0 Å². The first-order valence-electron chi connectivity index (χ1n) is 10.5. The molecule has 0 spiro atoms. The van der Waals surface area contributed by atoms with Crippen molar-refractivity contribution >= 4 is 44.8 Å². The third-order valence-corrected chi connectivity index (χ3v) is 6.81. The number of ether oxygens (including phenoxy) is 2. The molecule has 2 aromatic rings. The van der Waals surface area contributed by atoms with E-state index in [2.05, 4.69) is 10.6 Å². The molecule has 0 bridgehead atoms. The maximum atomic E-state index is 13.0. The number of sulfonamides is 1. The molecule has 176 valence electrons. The van der Waals surface area contributed by atoms with Crippen molar-refractivity contribution in [2.75, 3.05) is 35.6 Å². The van der Waals surface area contributed by atoms with Crippen LogP contribution >= 0.6 is 11.6 Å². The SMILES string of the molecule is CS(=O)(=O)N1C[C@H](C(=O)Nc2ccccc2C(=O)NC[C@H]2CCCO2)Oc2ccc(Cl)cc21. The zero-order valence-corrected chi connectivity index (χ0v) is 19.5. The number of anilines is 2. The van der Waals surface area contributed by atoms with Crippen LogP contribution < -0.4 is 19.7 Å². The second kappa shape index (κ2) is 9.58. The summed E-state index contributed by atoms with van der Waals surface area (Å²) in [4.78, 5) is 25.7. The van der Waals surface area contributed by atoms with E-state index in [1.54, 1.807) is 30.3 Å². The van der Waals surface area contributed by atoms with Crippen LogP contribution in [0.2, 0.25) is 5.02 Å². The number of fused-ring (bicyclic) bond motifs is 1. The van der Waals surface area contributed by atoms with Crippen LogP contribution in [0, 0.1) is 0 Å². The molecule has 0 unspecified atom stereocenters. The molecule has 33 heavy (non-hydrogen) atoms. The third-order valence-electron chi connectivity index (χ3n) is 5.43. The minimum atomic E-state index is -3.69. The van der Waals surface area contributed by atoms with Gasteiger partial charge in [-0.3, -0.25) is 13.9 Å². The van der Waals surface area contributed by atoms with Gasteiger partial charge in [0.05, 0.1) is 35.8 Å². The van der Waals surface area contributed by atoms with Gasteiger partial charge in [-0.2, -0.15) is 0 Å². The highest BCUT2D eigenvalue weighted by Crippen LogP contribution is 2.37. The third kappa shape index (κ3) is 5.40. The van der Waals surface area contributed by atoms with Crippen LogP contribution in [0.4, 0.5) is 11.4 Å². The first-order valence-corrected chi connectivity index (χ1v) is 12.7. The molecule has 0 aliphatic carbocycles. The molecule has 2 aliphatic rings. The number of nitrogens with one attached hydrogen (secondary N) is 2. The zero-order valence-electron chi connectivity index (χ0n) is 17.9. The molecule has 2 atom stereocenters. The van der Waals surface area contributed by atoms with Crippen molar-refractivity contribution in [1.82, 2.24) is 5.32 Å². The normalized spacial score (nSPS) is 20.0. The Bertz CT molecular complexity index is 1170. The maximum absolute atomic E-state index is 13.0. The van der Waals surface area contributed by atoms with Gasteiger partial charge in [0.1, 0.15) is 5.75 Å². The Morgan fingerprint density at radius 1 is 1.21 bits per heavy atom. The number of nitrogens with zero attached hydrogens (tertiary/aromatic N) is 1. The average Bonchev–Trinajstić information content (AvgIpc) is 3.30. The van der Waals surface area contributed by atoms with Gasteiger partial charge < -0.3 is 20.1 Å². The molecular weight excluding hydrogens is 470 g/mol. The Hall–Kier alpha value is -2.82. The summed E-state index contributed by atoms with van der Waals surface area (Å²) in [6.07, 6.45) is 1.76. The lowest BCUT2D eigenvalue weighted by Crippen LogP contribution is -2.48. The van der Waals surface area contributed by atoms with Gasteiger partial charge in [0.25, 0.3) is 11.8 Å². The molecule has 9 nitrogen and oxygen atoms in total. The van der Waals surface area contributed by atoms with Crippen LogP contribution in [0.15, 0.2) is 42.5 Å². The summed E-state index contributed by atoms with van der Waals surface area (Å²) in [5.41, 5.74) is 0.846. The number of carbonyl (C=O) groups is 2. The standard InChI is InChI=1S/C22H24ClN3O6S/c1-33(29,30)26-13-20(32-19-9-8-14(23)11-18(19)26)22(28)25-17-7-3-2-6-16(17)21(27)24-12-15-5-4-10-31-15/h2-3,6-9,11,15,20H,4-5,10,12-13H2,1H3,(H,24,27)(H,25,28)/t15-,20-/m1/s1. The van der Waals surface area contributed by atoms with Crippen LogP contribution in [0.1, 0.15) is 23.2 Å². The van der Waals surface area contributed by atoms with Gasteiger partial charge >= 0.3 is 0 Å². The molecule has 2 amide bonds. The predicted octanol–water partition coefficient (Wildman–Crippen LogP) is 2.41. The van der Waals surface area contributed by atoms with Crippen molar-refractivity contribution in [3.05, 3.63) is 53.1 Å². The first kappa shape index (κ1) is 23.3. The fourth-order valence-corrected chi connectivity index (χ4v) is 4.86. The summed E-state index contributed by atoms with van der Waals surface area (Å²) >= 11 is 6.01. The molecule has 11 heteroatoms. The van der Waals surface area contributed by atoms with Gasteiger partial charge in [0.2, 0.25) is 10.0 Å². The lowest BCUT2D eigenvalue weighted by molar-refractivity contribution is -0.122. The number of para-hydroxylation sites is 1. The van der Waals surface area contributed by atoms with Crippen molar-refractivity contribution < 1.29 is 27.5 Å². The quantitative estimate of drug-likeness (QED) is 0.638. The highest BCUT2D eigenvalue weighted by Gasteiger charge is 2.35. The van der Waals surface area contributed by atoms with Crippen LogP contribution in [0.5, 0.6) is 5.75 Å². The highest BCUT2D eigenvalue weighted by molar-refractivity contribution is 7.92. The second-order valence-corrected chi connectivity index (χ2v) is 10.2. The molecule has 0 radical (unpaired) electrons. The first-order chi connectivity index (χ1) is 15.7.